The first-order valence-electron chi connectivity index (χ1n) is 23.1. The van der Waals surface area contributed by atoms with Crippen LogP contribution in [-0.2, 0) is 25.7 Å². The Labute approximate surface area is 401 Å². The fourth-order valence-electron chi connectivity index (χ4n) is 10.9. The van der Waals surface area contributed by atoms with Crippen LogP contribution in [0.5, 0.6) is 0 Å². The normalized spacial score (nSPS) is 13.5. The van der Waals surface area contributed by atoms with E-state index in [1.807, 2.05) is 0 Å². The number of rotatable bonds is 5. The molecule has 0 radical (unpaired) electrons. The second-order valence-electron chi connectivity index (χ2n) is 17.7. The topological polar surface area (TPSA) is 32.3 Å². The Balaban J connectivity index is 1.16. The van der Waals surface area contributed by atoms with Gasteiger partial charge in [0.15, 0.2) is 0 Å². The Morgan fingerprint density at radius 1 is 0.388 bits per heavy atom. The number of aryl methyl sites for hydroxylation is 4. The number of hydrogen-bond acceptors (Lipinski definition) is 5. The van der Waals surface area contributed by atoms with E-state index in [1.165, 1.54) is 54.0 Å². The molecule has 0 unspecified atom stereocenters. The van der Waals surface area contributed by atoms with Crippen LogP contribution in [-0.4, -0.2) is 14.9 Å². The molecule has 2 aliphatic rings. The molecule has 67 heavy (non-hydrogen) atoms. The molecule has 2 aromatic heterocycles. The molecule has 322 valence electrons. The van der Waals surface area contributed by atoms with Crippen molar-refractivity contribution < 1.29 is 0 Å². The van der Waals surface area contributed by atoms with Gasteiger partial charge in [-0.2, -0.15) is 0 Å². The molecule has 0 amide bonds. The van der Waals surface area contributed by atoms with Gasteiger partial charge in [0.1, 0.15) is 0 Å². The molecular weight excluding hydrogens is 948 g/mol. The van der Waals surface area contributed by atoms with E-state index in [0.29, 0.717) is 0 Å². The molecule has 0 atom stereocenters. The minimum absolute atomic E-state index is 0.941. The average Bonchev–Trinajstić information content (AvgIpc) is 3.65. The molecule has 4 heterocycles. The van der Waals surface area contributed by atoms with Gasteiger partial charge in [0, 0.05) is 5.39 Å². The Bertz CT molecular complexity index is 3690. The van der Waals surface area contributed by atoms with Gasteiger partial charge in [-0.3, -0.25) is 0 Å². The van der Waals surface area contributed by atoms with Gasteiger partial charge in [-0.15, -0.1) is 0 Å². The maximum atomic E-state index is 5.60. The van der Waals surface area contributed by atoms with Crippen molar-refractivity contribution >= 4 is 106 Å². The zero-order chi connectivity index (χ0) is 44.6. The van der Waals surface area contributed by atoms with Crippen molar-refractivity contribution in [1.29, 1.82) is 0 Å². The second kappa shape index (κ2) is 16.4. The van der Waals surface area contributed by atoms with Crippen molar-refractivity contribution in [3.63, 3.8) is 0 Å². The van der Waals surface area contributed by atoms with Crippen LogP contribution in [0.1, 0.15) is 22.3 Å². The van der Waals surface area contributed by atoms with Crippen LogP contribution in [0.4, 0.5) is 34.1 Å². The molecule has 0 N–H and O–H groups in total. The summed E-state index contributed by atoms with van der Waals surface area (Å²) in [5, 5.41) is 6.84. The summed E-state index contributed by atoms with van der Waals surface area (Å²) in [5.74, 6) is 0. The van der Waals surface area contributed by atoms with Crippen molar-refractivity contribution in [3.8, 4) is 22.5 Å². The zero-order valence-corrected chi connectivity index (χ0v) is 40.0. The molecule has 2 aliphatic heterocycles. The van der Waals surface area contributed by atoms with E-state index < -0.39 is 18.4 Å². The van der Waals surface area contributed by atoms with Crippen LogP contribution < -0.4 is 9.80 Å². The molecule has 11 aromatic rings. The number of benzene rings is 9. The van der Waals surface area contributed by atoms with Gasteiger partial charge in [-0.25, -0.2) is 0 Å². The van der Waals surface area contributed by atoms with Crippen molar-refractivity contribution in [2.75, 3.05) is 14.7 Å². The number of fused-ring (bicyclic) bond motifs is 8. The van der Waals surface area contributed by atoms with Crippen LogP contribution in [0.15, 0.2) is 200 Å². The van der Waals surface area contributed by atoms with Gasteiger partial charge < -0.3 is 0 Å². The fourth-order valence-corrected chi connectivity index (χ4v) is 13.9. The van der Waals surface area contributed by atoms with Gasteiger partial charge in [-0.05, 0) is 55.0 Å². The first-order valence-corrected chi connectivity index (χ1v) is 29.5. The van der Waals surface area contributed by atoms with Gasteiger partial charge in [0.05, 0.1) is 0 Å². The number of halogens is 1. The third-order valence-corrected chi connectivity index (χ3v) is 17.8. The molecule has 4 nitrogen and oxygen atoms in total. The molecule has 6 heteroatoms. The SMILES string of the molecule is CI(S)c1cccc2nc(-c3c4ccc(N5c6ccccc6CCc6ccccc65)cc4c(-c4ccc5ccccc5n4)c4ccc(N5c6ccccc6CCc6ccccc65)cc34)ccc12. The summed E-state index contributed by atoms with van der Waals surface area (Å²) in [7, 11) is 5.04. The van der Waals surface area contributed by atoms with Crippen LogP contribution in [0.3, 0.4) is 0 Å². The number of nitrogens with zero attached hydrogens (tertiary/aromatic N) is 4. The summed E-state index contributed by atoms with van der Waals surface area (Å²) in [6.45, 7) is 0. The summed E-state index contributed by atoms with van der Waals surface area (Å²) in [4.78, 5) is 18.3. The third-order valence-electron chi connectivity index (χ3n) is 13.9. The average molecular weight is 993 g/mol. The summed E-state index contributed by atoms with van der Waals surface area (Å²) >= 11 is -1.62. The van der Waals surface area contributed by atoms with Crippen LogP contribution in [0.25, 0.3) is 65.9 Å². The molecule has 0 spiro atoms. The third kappa shape index (κ3) is 6.79. The summed E-state index contributed by atoms with van der Waals surface area (Å²) < 4.78 is 1.33. The Hall–Kier alpha value is -7.00. The molecule has 0 bridgehead atoms. The van der Waals surface area contributed by atoms with E-state index in [1.54, 1.807) is 0 Å². The molecule has 0 saturated carbocycles. The van der Waals surface area contributed by atoms with Crippen molar-refractivity contribution in [2.45, 2.75) is 25.7 Å². The minimum atomic E-state index is -1.62. The molecule has 0 aliphatic carbocycles. The number of hydrogen-bond donors (Lipinski definition) is 1. The summed E-state index contributed by atoms with van der Waals surface area (Å²) in [5.41, 5.74) is 18.6. The molecule has 13 rings (SSSR count). The standard InChI is InChI=1S/C61H45IN4S/c1-62(67)51-18-12-20-53-48(51)34-36-55(64-53)61-47-33-31-44(65-56-21-8-3-14-40(56)25-26-41-15-4-9-22-57(41)65)37-49(47)60(54-35-29-39-13-2-7-19-52(39)63-54)46-32-30-45(38-50(46)61)66-58-23-10-5-16-42(58)27-28-43-17-6-11-24-59(43)66/h2-24,29-38,67H,25-28H2,1H3. The van der Waals surface area contributed by atoms with Crippen molar-refractivity contribution in [2.24, 2.45) is 0 Å². The Kier molecular flexibility index (Phi) is 9.86. The number of para-hydroxylation sites is 5. The van der Waals surface area contributed by atoms with Gasteiger partial charge >= 0.3 is 253 Å². The zero-order valence-electron chi connectivity index (χ0n) is 37.0. The quantitative estimate of drug-likeness (QED) is 0.0806. The number of thiol groups is 1. The Morgan fingerprint density at radius 2 is 0.806 bits per heavy atom. The predicted molar refractivity (Wildman–Crippen MR) is 295 cm³/mol. The molecule has 9 aromatic carbocycles. The molecule has 0 saturated heterocycles. The molecular formula is C61H45IN4S. The monoisotopic (exact) mass is 992 g/mol. The first-order chi connectivity index (χ1) is 33.1. The summed E-state index contributed by atoms with van der Waals surface area (Å²) in [6, 6.07) is 73.8. The second-order valence-corrected chi connectivity index (χ2v) is 24.8. The number of alkyl halides is 1. The van der Waals surface area contributed by atoms with Gasteiger partial charge in [0.25, 0.3) is 0 Å². The van der Waals surface area contributed by atoms with E-state index in [9.17, 15) is 0 Å². The number of pyridine rings is 2. The fraction of sp³-hybridized carbons (Fsp3) is 0.0820. The maximum absolute atomic E-state index is 5.60. The van der Waals surface area contributed by atoms with E-state index in [4.69, 9.17) is 19.8 Å². The van der Waals surface area contributed by atoms with E-state index in [0.717, 1.165) is 97.5 Å². The Morgan fingerprint density at radius 3 is 1.31 bits per heavy atom. The number of anilines is 6. The van der Waals surface area contributed by atoms with Crippen LogP contribution in [0.2, 0.25) is 0 Å². The first kappa shape index (κ1) is 40.3. The predicted octanol–water partition coefficient (Wildman–Crippen LogP) is 16.7. The molecule has 0 fully saturated rings. The van der Waals surface area contributed by atoms with Crippen LogP contribution >= 0.6 is 28.2 Å². The van der Waals surface area contributed by atoms with Gasteiger partial charge in [0.2, 0.25) is 0 Å². The summed E-state index contributed by atoms with van der Waals surface area (Å²) in [6.07, 6.45) is 3.93. The van der Waals surface area contributed by atoms with E-state index in [-0.39, 0.29) is 0 Å². The van der Waals surface area contributed by atoms with Gasteiger partial charge in [-0.1, -0.05) is 91.0 Å². The number of aromatic nitrogens is 2. The van der Waals surface area contributed by atoms with E-state index >= 15 is 0 Å². The van der Waals surface area contributed by atoms with Crippen LogP contribution in [0, 0.1) is 3.57 Å². The van der Waals surface area contributed by atoms with Crippen molar-refractivity contribution in [3.05, 3.63) is 226 Å². The van der Waals surface area contributed by atoms with E-state index in [2.05, 4.69) is 215 Å². The van der Waals surface area contributed by atoms with Crippen molar-refractivity contribution in [1.82, 2.24) is 9.97 Å².